The van der Waals surface area contributed by atoms with Crippen LogP contribution in [0.25, 0.3) is 11.0 Å². The molecule has 1 aliphatic heterocycles. The van der Waals surface area contributed by atoms with Crippen LogP contribution < -0.4 is 10.2 Å². The number of benzene rings is 2. The average molecular weight is 481 g/mol. The molecule has 1 fully saturated rings. The Hall–Kier alpha value is -3.62. The summed E-state index contributed by atoms with van der Waals surface area (Å²) in [7, 11) is 1.38. The summed E-state index contributed by atoms with van der Waals surface area (Å²) < 4.78 is 21.1. The van der Waals surface area contributed by atoms with Crippen molar-refractivity contribution in [3.8, 4) is 0 Å². The molecule has 2 aliphatic rings. The van der Waals surface area contributed by atoms with Gasteiger partial charge < -0.3 is 19.7 Å². The van der Waals surface area contributed by atoms with Crippen LogP contribution in [-0.2, 0) is 16.0 Å². The molecule has 0 radical (unpaired) electrons. The minimum atomic E-state index is -0.747. The lowest BCUT2D eigenvalue weighted by Gasteiger charge is -2.34. The first-order chi connectivity index (χ1) is 16.9. The number of nitrogens with one attached hydrogen (secondary N) is 1. The normalized spacial score (nSPS) is 22.0. The van der Waals surface area contributed by atoms with Gasteiger partial charge in [0.2, 0.25) is 5.95 Å². The third-order valence-corrected chi connectivity index (χ3v) is 7.32. The lowest BCUT2D eigenvalue weighted by atomic mass is 9.86. The summed E-state index contributed by atoms with van der Waals surface area (Å²) in [5, 5.41) is 12.7. The monoisotopic (exact) mass is 480 g/mol. The molecular formula is C26H29FN4O4. The van der Waals surface area contributed by atoms with Gasteiger partial charge in [0.25, 0.3) is 0 Å². The minimum Gasteiger partial charge on any atom is -0.481 e. The van der Waals surface area contributed by atoms with E-state index in [0.717, 1.165) is 35.1 Å². The van der Waals surface area contributed by atoms with Crippen LogP contribution >= 0.6 is 0 Å². The van der Waals surface area contributed by atoms with Gasteiger partial charge in [-0.05, 0) is 75.8 Å². The third-order valence-electron chi connectivity index (χ3n) is 7.32. The molecule has 0 saturated heterocycles. The number of aromatic nitrogens is 2. The van der Waals surface area contributed by atoms with E-state index in [-0.39, 0.29) is 23.8 Å². The van der Waals surface area contributed by atoms with E-state index in [1.165, 1.54) is 19.2 Å². The first-order valence-corrected chi connectivity index (χ1v) is 12.0. The molecule has 184 valence electrons. The topological polar surface area (TPSA) is 96.7 Å². The molecule has 1 aromatic heterocycles. The highest BCUT2D eigenvalue weighted by Crippen LogP contribution is 2.41. The van der Waals surface area contributed by atoms with Gasteiger partial charge >= 0.3 is 12.1 Å². The van der Waals surface area contributed by atoms with Crippen molar-refractivity contribution in [2.45, 2.75) is 57.5 Å². The Balaban J connectivity index is 1.62. The van der Waals surface area contributed by atoms with Crippen molar-refractivity contribution in [1.29, 1.82) is 0 Å². The van der Waals surface area contributed by atoms with Gasteiger partial charge in [-0.3, -0.25) is 9.69 Å². The van der Waals surface area contributed by atoms with Crippen LogP contribution in [0.4, 0.5) is 26.5 Å². The molecule has 9 heteroatoms. The van der Waals surface area contributed by atoms with Gasteiger partial charge in [-0.25, -0.2) is 14.2 Å². The molecule has 3 aromatic rings. The van der Waals surface area contributed by atoms with Crippen LogP contribution in [0.15, 0.2) is 36.4 Å². The van der Waals surface area contributed by atoms with Crippen molar-refractivity contribution in [2.24, 2.45) is 5.92 Å². The van der Waals surface area contributed by atoms with Gasteiger partial charge in [-0.15, -0.1) is 0 Å². The quantitative estimate of drug-likeness (QED) is 0.501. The summed E-state index contributed by atoms with van der Waals surface area (Å²) >= 11 is 0. The number of imidazole rings is 1. The molecule has 2 heterocycles. The zero-order valence-electron chi connectivity index (χ0n) is 19.8. The maximum absolute atomic E-state index is 13.9. The van der Waals surface area contributed by atoms with Gasteiger partial charge in [-0.2, -0.15) is 0 Å². The number of hydrogen-bond donors (Lipinski definition) is 2. The Morgan fingerprint density at radius 3 is 2.60 bits per heavy atom. The van der Waals surface area contributed by atoms with Gasteiger partial charge in [0.1, 0.15) is 5.82 Å². The standard InChI is InChI=1S/C26H29FN4O4/c1-15-6-11-20-21(30(15)26(34)35-2)12-13-22-23(20)29-25(28-18-5-3-4-17(27)14-18)31(22)19-9-7-16(8-10-19)24(32)33/h3-5,12-16,19H,6-11H2,1-2H3,(H,28,29)(H,32,33)/t15-,16-,19-/m0/s1. The Kier molecular flexibility index (Phi) is 6.08. The van der Waals surface area contributed by atoms with E-state index < -0.39 is 12.1 Å². The minimum absolute atomic E-state index is 0.00525. The largest absolute Gasteiger partial charge is 0.481 e. The predicted octanol–water partition coefficient (Wildman–Crippen LogP) is 5.64. The van der Waals surface area contributed by atoms with Crippen molar-refractivity contribution >= 4 is 40.4 Å². The molecule has 8 nitrogen and oxygen atoms in total. The summed E-state index contributed by atoms with van der Waals surface area (Å²) in [6, 6.07) is 10.2. The molecule has 0 spiro atoms. The average Bonchev–Trinajstić information content (AvgIpc) is 3.21. The number of fused-ring (bicyclic) bond motifs is 3. The summed E-state index contributed by atoms with van der Waals surface area (Å²) in [5.74, 6) is -0.840. The van der Waals surface area contributed by atoms with Crippen LogP contribution in [0.1, 0.15) is 50.6 Å². The molecule has 5 rings (SSSR count). The highest BCUT2D eigenvalue weighted by molar-refractivity contribution is 5.96. The second kappa shape index (κ2) is 9.20. The molecule has 2 N–H and O–H groups in total. The third kappa shape index (κ3) is 4.19. The van der Waals surface area contributed by atoms with Crippen molar-refractivity contribution in [3.05, 3.63) is 47.8 Å². The summed E-state index contributed by atoms with van der Waals surface area (Å²) in [6.45, 7) is 2.00. The molecule has 2 aromatic carbocycles. The Bertz CT molecular complexity index is 1280. The number of carboxylic acids is 1. The summed E-state index contributed by atoms with van der Waals surface area (Å²) in [6.07, 6.45) is 3.76. The predicted molar refractivity (Wildman–Crippen MR) is 131 cm³/mol. The summed E-state index contributed by atoms with van der Waals surface area (Å²) in [4.78, 5) is 30.7. The van der Waals surface area contributed by atoms with Crippen molar-refractivity contribution in [3.63, 3.8) is 0 Å². The fraction of sp³-hybridized carbons (Fsp3) is 0.423. The van der Waals surface area contributed by atoms with Crippen LogP contribution in [0, 0.1) is 11.7 Å². The number of aliphatic carboxylic acids is 1. The number of methoxy groups -OCH3 is 1. The van der Waals surface area contributed by atoms with Gasteiger partial charge in [0.05, 0.1) is 29.7 Å². The van der Waals surface area contributed by atoms with E-state index in [0.29, 0.717) is 37.3 Å². The smallest absolute Gasteiger partial charge is 0.414 e. The number of aryl methyl sites for hydroxylation is 1. The number of ether oxygens (including phenoxy) is 1. The van der Waals surface area contributed by atoms with Crippen molar-refractivity contribution in [1.82, 2.24) is 9.55 Å². The number of carbonyl (C=O) groups is 2. The molecule has 0 bridgehead atoms. The fourth-order valence-corrected chi connectivity index (χ4v) is 5.51. The first-order valence-electron chi connectivity index (χ1n) is 12.0. The van der Waals surface area contributed by atoms with E-state index in [2.05, 4.69) is 9.88 Å². The van der Waals surface area contributed by atoms with Gasteiger partial charge in [0, 0.05) is 23.3 Å². The maximum atomic E-state index is 13.9. The van der Waals surface area contributed by atoms with E-state index >= 15 is 0 Å². The van der Waals surface area contributed by atoms with Crippen molar-refractivity contribution in [2.75, 3.05) is 17.3 Å². The zero-order valence-corrected chi connectivity index (χ0v) is 19.8. The number of carboxylic acid groups (broad SMARTS) is 1. The maximum Gasteiger partial charge on any atom is 0.414 e. The van der Waals surface area contributed by atoms with Crippen LogP contribution in [-0.4, -0.2) is 39.9 Å². The Morgan fingerprint density at radius 2 is 1.91 bits per heavy atom. The Labute approximate surface area is 202 Å². The highest BCUT2D eigenvalue weighted by Gasteiger charge is 2.33. The van der Waals surface area contributed by atoms with Crippen molar-refractivity contribution < 1.29 is 23.8 Å². The van der Waals surface area contributed by atoms with E-state index in [9.17, 15) is 19.1 Å². The molecule has 1 atom stereocenters. The number of anilines is 3. The first kappa shape index (κ1) is 23.1. The van der Waals surface area contributed by atoms with E-state index in [1.54, 1.807) is 17.0 Å². The lowest BCUT2D eigenvalue weighted by molar-refractivity contribution is -0.143. The van der Waals surface area contributed by atoms with Gasteiger partial charge in [-0.1, -0.05) is 6.07 Å². The molecule has 1 amide bonds. The number of amides is 1. The SMILES string of the molecule is COC(=O)N1c2ccc3c(nc(Nc4cccc(F)c4)n3[C@H]3CC[C@H](C(=O)O)CC3)c2CC[C@@H]1C. The second-order valence-corrected chi connectivity index (χ2v) is 9.44. The second-order valence-electron chi connectivity index (χ2n) is 9.44. The van der Waals surface area contributed by atoms with E-state index in [1.807, 2.05) is 19.1 Å². The van der Waals surface area contributed by atoms with Crippen LogP contribution in [0.3, 0.4) is 0 Å². The molecule has 35 heavy (non-hydrogen) atoms. The van der Waals surface area contributed by atoms with E-state index in [4.69, 9.17) is 9.72 Å². The van der Waals surface area contributed by atoms with Gasteiger partial charge in [0.15, 0.2) is 0 Å². The number of nitrogens with zero attached hydrogens (tertiary/aromatic N) is 3. The lowest BCUT2D eigenvalue weighted by Crippen LogP contribution is -2.42. The molecule has 0 unspecified atom stereocenters. The number of rotatable bonds is 4. The number of carbonyl (C=O) groups excluding carboxylic acids is 1. The Morgan fingerprint density at radius 1 is 1.14 bits per heavy atom. The molecule has 1 saturated carbocycles. The zero-order chi connectivity index (χ0) is 24.7. The molecular weight excluding hydrogens is 451 g/mol. The molecule has 1 aliphatic carbocycles. The number of halogens is 1. The van der Waals surface area contributed by atoms with Crippen LogP contribution in [0.2, 0.25) is 0 Å². The summed E-state index contributed by atoms with van der Waals surface area (Å²) in [5.41, 5.74) is 4.06. The van der Waals surface area contributed by atoms with Crippen LogP contribution in [0.5, 0.6) is 0 Å². The highest BCUT2D eigenvalue weighted by atomic mass is 19.1. The fourth-order valence-electron chi connectivity index (χ4n) is 5.51. The number of hydrogen-bond acceptors (Lipinski definition) is 5.